The number of sulfonamides is 1. The molecule has 0 aromatic carbocycles. The summed E-state index contributed by atoms with van der Waals surface area (Å²) in [6, 6.07) is 5.22. The zero-order valence-corrected chi connectivity index (χ0v) is 12.1. The van der Waals surface area contributed by atoms with Crippen molar-refractivity contribution < 1.29 is 12.9 Å². The van der Waals surface area contributed by atoms with Crippen LogP contribution in [0.2, 0.25) is 0 Å². The van der Waals surface area contributed by atoms with E-state index in [-0.39, 0.29) is 0 Å². The number of hydrogen-bond acceptors (Lipinski definition) is 5. The molecule has 0 radical (unpaired) electrons. The molecular formula is C12H14N2O3S2. The lowest BCUT2D eigenvalue weighted by molar-refractivity contribution is 0.428. The van der Waals surface area contributed by atoms with Gasteiger partial charge in [0.1, 0.15) is 4.21 Å². The van der Waals surface area contributed by atoms with E-state index in [0.29, 0.717) is 23.1 Å². The first-order chi connectivity index (χ1) is 9.07. The predicted octanol–water partition coefficient (Wildman–Crippen LogP) is 2.50. The smallest absolute Gasteiger partial charge is 0.252 e. The third kappa shape index (κ3) is 2.33. The second kappa shape index (κ2) is 4.73. The van der Waals surface area contributed by atoms with Gasteiger partial charge < -0.3 is 4.52 Å². The van der Waals surface area contributed by atoms with Gasteiger partial charge in [0.15, 0.2) is 5.76 Å². The van der Waals surface area contributed by atoms with Crippen LogP contribution in [0.5, 0.6) is 0 Å². The van der Waals surface area contributed by atoms with Crippen LogP contribution in [0.4, 0.5) is 0 Å². The van der Waals surface area contributed by atoms with Gasteiger partial charge in [-0.05, 0) is 31.9 Å². The second-order valence-electron chi connectivity index (χ2n) is 4.56. The van der Waals surface area contributed by atoms with Gasteiger partial charge in [0.25, 0.3) is 10.0 Å². The van der Waals surface area contributed by atoms with Crippen molar-refractivity contribution in [2.24, 2.45) is 0 Å². The van der Waals surface area contributed by atoms with Crippen LogP contribution in [0, 0.1) is 6.92 Å². The summed E-state index contributed by atoms with van der Waals surface area (Å²) in [6.45, 7) is 3.08. The quantitative estimate of drug-likeness (QED) is 0.873. The maximum absolute atomic E-state index is 12.4. The minimum Gasteiger partial charge on any atom is -0.355 e. The van der Waals surface area contributed by atoms with Gasteiger partial charge in [-0.15, -0.1) is 11.3 Å². The Morgan fingerprint density at radius 1 is 1.32 bits per heavy atom. The van der Waals surface area contributed by atoms with Gasteiger partial charge in [0.05, 0.1) is 10.6 Å². The van der Waals surface area contributed by atoms with Crippen molar-refractivity contribution in [3.05, 3.63) is 23.9 Å². The van der Waals surface area contributed by atoms with Gasteiger partial charge in [-0.25, -0.2) is 8.42 Å². The molecule has 0 aliphatic carbocycles. The predicted molar refractivity (Wildman–Crippen MR) is 72.5 cm³/mol. The molecule has 3 heterocycles. The van der Waals surface area contributed by atoms with Crippen LogP contribution >= 0.6 is 11.3 Å². The van der Waals surface area contributed by atoms with Crippen molar-refractivity contribution >= 4 is 21.4 Å². The van der Waals surface area contributed by atoms with E-state index in [1.54, 1.807) is 22.5 Å². The zero-order valence-electron chi connectivity index (χ0n) is 10.5. The first-order valence-corrected chi connectivity index (χ1v) is 8.37. The molecule has 5 nitrogen and oxygen atoms in total. The Bertz CT molecular complexity index is 681. The molecule has 0 N–H and O–H groups in total. The number of nitrogens with zero attached hydrogens (tertiary/aromatic N) is 2. The highest BCUT2D eigenvalue weighted by molar-refractivity contribution is 7.91. The summed E-state index contributed by atoms with van der Waals surface area (Å²) in [5, 5.41) is 3.81. The molecule has 1 aliphatic rings. The number of aromatic nitrogens is 1. The normalized spacial score (nSPS) is 17.1. The molecule has 2 aromatic rings. The molecular weight excluding hydrogens is 284 g/mol. The standard InChI is InChI=1S/C12H14N2O3S2/c1-9-8-10(17-13-9)11-4-5-12(18-11)19(15,16)14-6-2-3-7-14/h4-5,8H,2-3,6-7H2,1H3. The van der Waals surface area contributed by atoms with E-state index in [0.717, 1.165) is 23.4 Å². The maximum atomic E-state index is 12.4. The number of aryl methyl sites for hydroxylation is 1. The number of hydrogen-bond donors (Lipinski definition) is 0. The summed E-state index contributed by atoms with van der Waals surface area (Å²) in [5.41, 5.74) is 0.785. The third-order valence-electron chi connectivity index (χ3n) is 3.11. The van der Waals surface area contributed by atoms with E-state index in [4.69, 9.17) is 4.52 Å². The largest absolute Gasteiger partial charge is 0.355 e. The van der Waals surface area contributed by atoms with Crippen molar-refractivity contribution in [3.8, 4) is 10.6 Å². The molecule has 7 heteroatoms. The summed E-state index contributed by atoms with van der Waals surface area (Å²) >= 11 is 1.23. The lowest BCUT2D eigenvalue weighted by Crippen LogP contribution is -2.27. The van der Waals surface area contributed by atoms with Crippen LogP contribution in [-0.2, 0) is 10.0 Å². The molecule has 1 aliphatic heterocycles. The highest BCUT2D eigenvalue weighted by atomic mass is 32.2. The third-order valence-corrected chi connectivity index (χ3v) is 6.58. The summed E-state index contributed by atoms with van der Waals surface area (Å²) in [5.74, 6) is 0.616. The first-order valence-electron chi connectivity index (χ1n) is 6.11. The summed E-state index contributed by atoms with van der Waals surface area (Å²) in [6.07, 6.45) is 1.89. The SMILES string of the molecule is Cc1cc(-c2ccc(S(=O)(=O)N3CCCC3)s2)on1. The summed E-state index contributed by atoms with van der Waals surface area (Å²) < 4.78 is 31.8. The molecule has 0 spiro atoms. The monoisotopic (exact) mass is 298 g/mol. The summed E-state index contributed by atoms with van der Waals surface area (Å²) in [7, 11) is -3.33. The number of rotatable bonds is 3. The van der Waals surface area contributed by atoms with E-state index in [2.05, 4.69) is 5.16 Å². The molecule has 3 rings (SSSR count). The van der Waals surface area contributed by atoms with Crippen LogP contribution in [0.15, 0.2) is 26.9 Å². The molecule has 1 saturated heterocycles. The zero-order chi connectivity index (χ0) is 13.5. The Morgan fingerprint density at radius 2 is 2.05 bits per heavy atom. The lowest BCUT2D eigenvalue weighted by atomic mass is 10.3. The highest BCUT2D eigenvalue weighted by Crippen LogP contribution is 2.33. The minimum atomic E-state index is -3.33. The maximum Gasteiger partial charge on any atom is 0.252 e. The van der Waals surface area contributed by atoms with Crippen LogP contribution < -0.4 is 0 Å². The van der Waals surface area contributed by atoms with E-state index < -0.39 is 10.0 Å². The molecule has 0 amide bonds. The Balaban J connectivity index is 1.93. The molecule has 0 saturated carbocycles. The van der Waals surface area contributed by atoms with E-state index in [1.165, 1.54) is 11.3 Å². The van der Waals surface area contributed by atoms with E-state index >= 15 is 0 Å². The van der Waals surface area contributed by atoms with Gasteiger partial charge in [0.2, 0.25) is 0 Å². The second-order valence-corrected chi connectivity index (χ2v) is 7.81. The first kappa shape index (κ1) is 12.8. The van der Waals surface area contributed by atoms with Crippen molar-refractivity contribution in [1.82, 2.24) is 9.46 Å². The van der Waals surface area contributed by atoms with Crippen molar-refractivity contribution in [1.29, 1.82) is 0 Å². The fraction of sp³-hybridized carbons (Fsp3) is 0.417. The Morgan fingerprint density at radius 3 is 2.68 bits per heavy atom. The van der Waals surface area contributed by atoms with Crippen molar-refractivity contribution in [2.75, 3.05) is 13.1 Å². The van der Waals surface area contributed by atoms with E-state index in [1.807, 2.05) is 6.92 Å². The molecule has 102 valence electrons. The molecule has 19 heavy (non-hydrogen) atoms. The Labute approximate surface area is 115 Å². The minimum absolute atomic E-state index is 0.374. The van der Waals surface area contributed by atoms with Crippen LogP contribution in [0.3, 0.4) is 0 Å². The molecule has 2 aromatic heterocycles. The van der Waals surface area contributed by atoms with Gasteiger partial charge >= 0.3 is 0 Å². The lowest BCUT2D eigenvalue weighted by Gasteiger charge is -2.13. The van der Waals surface area contributed by atoms with Gasteiger partial charge in [-0.1, -0.05) is 5.16 Å². The average molecular weight is 298 g/mol. The number of thiophene rings is 1. The van der Waals surface area contributed by atoms with Crippen molar-refractivity contribution in [3.63, 3.8) is 0 Å². The molecule has 0 atom stereocenters. The Hall–Kier alpha value is -1.18. The average Bonchev–Trinajstić information content (AvgIpc) is 3.10. The Kier molecular flexibility index (Phi) is 3.20. The molecule has 1 fully saturated rings. The topological polar surface area (TPSA) is 63.4 Å². The molecule has 0 unspecified atom stereocenters. The van der Waals surface area contributed by atoms with Crippen LogP contribution in [-0.4, -0.2) is 31.0 Å². The highest BCUT2D eigenvalue weighted by Gasteiger charge is 2.28. The van der Waals surface area contributed by atoms with Crippen LogP contribution in [0.25, 0.3) is 10.6 Å². The van der Waals surface area contributed by atoms with Gasteiger partial charge in [-0.3, -0.25) is 0 Å². The van der Waals surface area contributed by atoms with Crippen molar-refractivity contribution in [2.45, 2.75) is 24.0 Å². The van der Waals surface area contributed by atoms with E-state index in [9.17, 15) is 8.42 Å². The fourth-order valence-electron chi connectivity index (χ4n) is 2.13. The summed E-state index contributed by atoms with van der Waals surface area (Å²) in [4.78, 5) is 0.790. The molecule has 0 bridgehead atoms. The van der Waals surface area contributed by atoms with Crippen LogP contribution in [0.1, 0.15) is 18.5 Å². The van der Waals surface area contributed by atoms with Gasteiger partial charge in [-0.2, -0.15) is 4.31 Å². The van der Waals surface area contributed by atoms with Gasteiger partial charge in [0, 0.05) is 19.2 Å². The fourth-order valence-corrected chi connectivity index (χ4v) is 5.05.